The number of pyridine rings is 1. The van der Waals surface area contributed by atoms with Crippen molar-refractivity contribution in [3.8, 4) is 0 Å². The molecular weight excluding hydrogens is 210 g/mol. The van der Waals surface area contributed by atoms with Crippen molar-refractivity contribution in [2.75, 3.05) is 5.75 Å². The Bertz CT molecular complexity index is 306. The highest BCUT2D eigenvalue weighted by atomic mass is 35.5. The SMILES string of the molecule is O=C(O)CSCc1ccnc(Cl)c1. The normalized spacial score (nSPS) is 9.92. The maximum Gasteiger partial charge on any atom is 0.313 e. The van der Waals surface area contributed by atoms with E-state index in [0.29, 0.717) is 10.9 Å². The Morgan fingerprint density at radius 1 is 1.69 bits per heavy atom. The standard InChI is InChI=1S/C8H8ClNO2S/c9-7-3-6(1-2-10-7)4-13-5-8(11)12/h1-3H,4-5H2,(H,11,12). The van der Waals surface area contributed by atoms with Crippen molar-refractivity contribution < 1.29 is 9.90 Å². The number of carboxylic acid groups (broad SMARTS) is 1. The van der Waals surface area contributed by atoms with Gasteiger partial charge in [0.2, 0.25) is 0 Å². The first-order valence-corrected chi connectivity index (χ1v) is 5.11. The molecule has 5 heteroatoms. The highest BCUT2D eigenvalue weighted by Gasteiger charge is 1.99. The van der Waals surface area contributed by atoms with Gasteiger partial charge in [-0.2, -0.15) is 0 Å². The molecule has 70 valence electrons. The molecule has 0 fully saturated rings. The van der Waals surface area contributed by atoms with Crippen molar-refractivity contribution in [1.29, 1.82) is 0 Å². The number of halogens is 1. The summed E-state index contributed by atoms with van der Waals surface area (Å²) in [5.41, 5.74) is 0.992. The van der Waals surface area contributed by atoms with E-state index in [2.05, 4.69) is 4.98 Å². The first kappa shape index (κ1) is 10.3. The summed E-state index contributed by atoms with van der Waals surface area (Å²) >= 11 is 6.99. The molecule has 0 aromatic carbocycles. The second-order valence-corrected chi connectivity index (χ2v) is 3.75. The van der Waals surface area contributed by atoms with E-state index in [0.717, 1.165) is 5.56 Å². The first-order chi connectivity index (χ1) is 6.18. The van der Waals surface area contributed by atoms with Crippen molar-refractivity contribution in [1.82, 2.24) is 4.98 Å². The minimum Gasteiger partial charge on any atom is -0.481 e. The Labute approximate surface area is 85.1 Å². The Balaban J connectivity index is 2.41. The largest absolute Gasteiger partial charge is 0.481 e. The number of carbonyl (C=O) groups is 1. The van der Waals surface area contributed by atoms with Gasteiger partial charge >= 0.3 is 5.97 Å². The molecule has 0 aliphatic heterocycles. The van der Waals surface area contributed by atoms with Crippen molar-refractivity contribution in [3.63, 3.8) is 0 Å². The third-order valence-electron chi connectivity index (χ3n) is 1.29. The molecule has 3 nitrogen and oxygen atoms in total. The molecule has 1 aromatic rings. The second-order valence-electron chi connectivity index (χ2n) is 2.37. The monoisotopic (exact) mass is 217 g/mol. The summed E-state index contributed by atoms with van der Waals surface area (Å²) in [5.74, 6) is -0.0424. The number of carboxylic acids is 1. The molecule has 0 bridgehead atoms. The lowest BCUT2D eigenvalue weighted by Gasteiger charge is -1.98. The zero-order valence-corrected chi connectivity index (χ0v) is 8.31. The van der Waals surface area contributed by atoms with Crippen LogP contribution in [0.2, 0.25) is 5.15 Å². The third-order valence-corrected chi connectivity index (χ3v) is 2.48. The quantitative estimate of drug-likeness (QED) is 0.785. The van der Waals surface area contributed by atoms with Crippen LogP contribution >= 0.6 is 23.4 Å². The summed E-state index contributed by atoms with van der Waals surface area (Å²) in [6.07, 6.45) is 1.61. The van der Waals surface area contributed by atoms with Gasteiger partial charge in [0.25, 0.3) is 0 Å². The Kier molecular flexibility index (Phi) is 4.05. The predicted molar refractivity (Wildman–Crippen MR) is 53.0 cm³/mol. The number of aromatic nitrogens is 1. The summed E-state index contributed by atoms with van der Waals surface area (Å²) in [6, 6.07) is 3.55. The van der Waals surface area contributed by atoms with Crippen LogP contribution in [0.3, 0.4) is 0 Å². The van der Waals surface area contributed by atoms with E-state index in [9.17, 15) is 4.79 Å². The van der Waals surface area contributed by atoms with Gasteiger partial charge in [0.05, 0.1) is 5.75 Å². The molecule has 0 saturated heterocycles. The maximum absolute atomic E-state index is 10.2. The molecule has 1 heterocycles. The first-order valence-electron chi connectivity index (χ1n) is 3.58. The summed E-state index contributed by atoms with van der Waals surface area (Å²) in [7, 11) is 0. The Hall–Kier alpha value is -0.740. The van der Waals surface area contributed by atoms with Crippen LogP contribution in [0.25, 0.3) is 0 Å². The van der Waals surface area contributed by atoms with Gasteiger partial charge < -0.3 is 5.11 Å². The van der Waals surface area contributed by atoms with Crippen molar-refractivity contribution in [3.05, 3.63) is 29.0 Å². The number of rotatable bonds is 4. The molecule has 0 atom stereocenters. The van der Waals surface area contributed by atoms with E-state index in [1.807, 2.05) is 6.07 Å². The fraction of sp³-hybridized carbons (Fsp3) is 0.250. The highest BCUT2D eigenvalue weighted by Crippen LogP contribution is 2.14. The van der Waals surface area contributed by atoms with Gasteiger partial charge in [0, 0.05) is 11.9 Å². The molecule has 13 heavy (non-hydrogen) atoms. The second kappa shape index (κ2) is 5.09. The fourth-order valence-electron chi connectivity index (χ4n) is 0.789. The van der Waals surface area contributed by atoms with Crippen LogP contribution < -0.4 is 0 Å². The molecule has 0 aliphatic rings. The molecular formula is C8H8ClNO2S. The van der Waals surface area contributed by atoms with E-state index in [1.54, 1.807) is 12.3 Å². The van der Waals surface area contributed by atoms with Crippen LogP contribution in [0.1, 0.15) is 5.56 Å². The van der Waals surface area contributed by atoms with Gasteiger partial charge in [0.1, 0.15) is 5.15 Å². The molecule has 0 spiro atoms. The summed E-state index contributed by atoms with van der Waals surface area (Å²) < 4.78 is 0. The molecule has 0 amide bonds. The maximum atomic E-state index is 10.2. The Morgan fingerprint density at radius 2 is 2.46 bits per heavy atom. The van der Waals surface area contributed by atoms with E-state index in [1.165, 1.54) is 11.8 Å². The van der Waals surface area contributed by atoms with Crippen molar-refractivity contribution in [2.45, 2.75) is 5.75 Å². The number of aliphatic carboxylic acids is 1. The van der Waals surface area contributed by atoms with Gasteiger partial charge in [-0.05, 0) is 17.7 Å². The minimum absolute atomic E-state index is 0.111. The van der Waals surface area contributed by atoms with Crippen LogP contribution in [-0.2, 0) is 10.5 Å². The average Bonchev–Trinajstić information content (AvgIpc) is 2.03. The van der Waals surface area contributed by atoms with Gasteiger partial charge in [0.15, 0.2) is 0 Å². The fourth-order valence-corrected chi connectivity index (χ4v) is 1.68. The third kappa shape index (κ3) is 4.15. The lowest BCUT2D eigenvalue weighted by atomic mass is 10.3. The molecule has 1 N–H and O–H groups in total. The van der Waals surface area contributed by atoms with Gasteiger partial charge in [-0.3, -0.25) is 4.79 Å². The van der Waals surface area contributed by atoms with Gasteiger partial charge in [-0.15, -0.1) is 11.8 Å². The van der Waals surface area contributed by atoms with Crippen LogP contribution in [0.5, 0.6) is 0 Å². The van der Waals surface area contributed by atoms with E-state index < -0.39 is 5.97 Å². The van der Waals surface area contributed by atoms with Crippen molar-refractivity contribution >= 4 is 29.3 Å². The average molecular weight is 218 g/mol. The molecule has 0 radical (unpaired) electrons. The minimum atomic E-state index is -0.801. The molecule has 0 aliphatic carbocycles. The van der Waals surface area contributed by atoms with Crippen LogP contribution in [0.15, 0.2) is 18.3 Å². The Morgan fingerprint density at radius 3 is 3.08 bits per heavy atom. The highest BCUT2D eigenvalue weighted by molar-refractivity contribution is 7.99. The number of nitrogens with zero attached hydrogens (tertiary/aromatic N) is 1. The van der Waals surface area contributed by atoms with Gasteiger partial charge in [-0.25, -0.2) is 4.98 Å². The van der Waals surface area contributed by atoms with Gasteiger partial charge in [-0.1, -0.05) is 11.6 Å². The van der Waals surface area contributed by atoms with Crippen LogP contribution in [-0.4, -0.2) is 21.8 Å². The summed E-state index contributed by atoms with van der Waals surface area (Å²) in [6.45, 7) is 0. The number of hydrogen-bond donors (Lipinski definition) is 1. The van der Waals surface area contributed by atoms with Crippen LogP contribution in [0, 0.1) is 0 Å². The van der Waals surface area contributed by atoms with Crippen molar-refractivity contribution in [2.24, 2.45) is 0 Å². The number of thioether (sulfide) groups is 1. The number of hydrogen-bond acceptors (Lipinski definition) is 3. The van der Waals surface area contributed by atoms with Crippen LogP contribution in [0.4, 0.5) is 0 Å². The van der Waals surface area contributed by atoms with E-state index in [-0.39, 0.29) is 5.75 Å². The zero-order valence-electron chi connectivity index (χ0n) is 6.74. The molecule has 1 rings (SSSR count). The van der Waals surface area contributed by atoms with E-state index >= 15 is 0 Å². The predicted octanol–water partition coefficient (Wildman–Crippen LogP) is 2.05. The smallest absolute Gasteiger partial charge is 0.313 e. The van der Waals surface area contributed by atoms with E-state index in [4.69, 9.17) is 16.7 Å². The molecule has 1 aromatic heterocycles. The molecule has 0 saturated carbocycles. The molecule has 0 unspecified atom stereocenters. The summed E-state index contributed by atoms with van der Waals surface area (Å²) in [4.78, 5) is 14.0. The zero-order chi connectivity index (χ0) is 9.68. The lowest BCUT2D eigenvalue weighted by Crippen LogP contribution is -1.98. The lowest BCUT2D eigenvalue weighted by molar-refractivity contribution is -0.133. The summed E-state index contributed by atoms with van der Waals surface area (Å²) in [5, 5.41) is 8.83. The topological polar surface area (TPSA) is 50.2 Å².